The lowest BCUT2D eigenvalue weighted by Gasteiger charge is -2.29. The van der Waals surface area contributed by atoms with Crippen LogP contribution in [0.2, 0.25) is 5.02 Å². The maximum Gasteiger partial charge on any atom is 0.290 e. The number of nitrogens with zero attached hydrogens (tertiary/aromatic N) is 1. The summed E-state index contributed by atoms with van der Waals surface area (Å²) in [5.74, 6) is 0.262. The SMILES string of the molecule is Cc1cc(=O)cc(C(=O)N2CCc3c(Cl)cccc3C2)o1. The molecule has 2 aromatic rings. The third-order valence-corrected chi connectivity index (χ3v) is 3.95. The van der Waals surface area contributed by atoms with Gasteiger partial charge in [0.2, 0.25) is 0 Å². The molecule has 3 rings (SSSR count). The van der Waals surface area contributed by atoms with Crippen LogP contribution < -0.4 is 5.43 Å². The van der Waals surface area contributed by atoms with Crippen molar-refractivity contribution in [1.29, 1.82) is 0 Å². The number of hydrogen-bond donors (Lipinski definition) is 0. The van der Waals surface area contributed by atoms with Gasteiger partial charge >= 0.3 is 0 Å². The van der Waals surface area contributed by atoms with E-state index in [0.29, 0.717) is 25.3 Å². The Bertz CT molecular complexity index is 766. The van der Waals surface area contributed by atoms with E-state index >= 15 is 0 Å². The van der Waals surface area contributed by atoms with Crippen LogP contribution in [0.4, 0.5) is 0 Å². The Morgan fingerprint density at radius 2 is 2.14 bits per heavy atom. The van der Waals surface area contributed by atoms with Crippen molar-refractivity contribution in [2.24, 2.45) is 0 Å². The average Bonchev–Trinajstić information content (AvgIpc) is 2.45. The van der Waals surface area contributed by atoms with Gasteiger partial charge in [0, 0.05) is 30.2 Å². The number of halogens is 1. The summed E-state index contributed by atoms with van der Waals surface area (Å²) in [7, 11) is 0. The highest BCUT2D eigenvalue weighted by Crippen LogP contribution is 2.26. The summed E-state index contributed by atoms with van der Waals surface area (Å²) in [6.07, 6.45) is 0.705. The average molecular weight is 304 g/mol. The minimum atomic E-state index is -0.263. The molecule has 0 bridgehead atoms. The fraction of sp³-hybridized carbons (Fsp3) is 0.250. The molecular weight excluding hydrogens is 290 g/mol. The molecule has 4 nitrogen and oxygen atoms in total. The minimum absolute atomic E-state index is 0.0884. The first-order valence-electron chi connectivity index (χ1n) is 6.72. The van der Waals surface area contributed by atoms with Crippen LogP contribution >= 0.6 is 11.6 Å². The second kappa shape index (κ2) is 5.37. The van der Waals surface area contributed by atoms with Crippen LogP contribution in [0.5, 0.6) is 0 Å². The van der Waals surface area contributed by atoms with Gasteiger partial charge in [-0.15, -0.1) is 0 Å². The van der Waals surface area contributed by atoms with Crippen molar-refractivity contribution in [3.63, 3.8) is 0 Å². The zero-order valence-electron chi connectivity index (χ0n) is 11.6. The molecule has 21 heavy (non-hydrogen) atoms. The molecule has 1 amide bonds. The lowest BCUT2D eigenvalue weighted by molar-refractivity contribution is 0.0698. The van der Waals surface area contributed by atoms with Crippen molar-refractivity contribution in [3.8, 4) is 0 Å². The second-order valence-corrected chi connectivity index (χ2v) is 5.53. The maximum atomic E-state index is 12.5. The van der Waals surface area contributed by atoms with E-state index in [4.69, 9.17) is 16.0 Å². The first-order valence-corrected chi connectivity index (χ1v) is 7.10. The quantitative estimate of drug-likeness (QED) is 0.814. The molecule has 0 fully saturated rings. The molecule has 5 heteroatoms. The Balaban J connectivity index is 1.89. The van der Waals surface area contributed by atoms with Gasteiger partial charge in [-0.1, -0.05) is 23.7 Å². The molecule has 0 spiro atoms. The van der Waals surface area contributed by atoms with E-state index in [2.05, 4.69) is 0 Å². The third kappa shape index (κ3) is 2.72. The van der Waals surface area contributed by atoms with Gasteiger partial charge in [-0.25, -0.2) is 0 Å². The predicted octanol–water partition coefficient (Wildman–Crippen LogP) is 2.80. The van der Waals surface area contributed by atoms with Crippen LogP contribution in [0.1, 0.15) is 27.4 Å². The molecule has 1 aliphatic rings. The van der Waals surface area contributed by atoms with Crippen LogP contribution in [0.15, 0.2) is 39.5 Å². The number of carbonyl (C=O) groups is 1. The number of benzene rings is 1. The molecular formula is C16H14ClNO3. The van der Waals surface area contributed by atoms with Gasteiger partial charge in [0.1, 0.15) is 5.76 Å². The molecule has 2 heterocycles. The number of carbonyl (C=O) groups excluding carboxylic acids is 1. The van der Waals surface area contributed by atoms with Gasteiger partial charge in [0.05, 0.1) is 0 Å². The highest BCUT2D eigenvalue weighted by atomic mass is 35.5. The zero-order valence-corrected chi connectivity index (χ0v) is 12.3. The number of hydrogen-bond acceptors (Lipinski definition) is 3. The molecule has 0 saturated carbocycles. The van der Waals surface area contributed by atoms with Gasteiger partial charge in [-0.3, -0.25) is 9.59 Å². The Hall–Kier alpha value is -2.07. The standard InChI is InChI=1S/C16H14ClNO3/c1-10-7-12(19)8-15(21-10)16(20)18-6-5-13-11(9-18)3-2-4-14(13)17/h2-4,7-8H,5-6,9H2,1H3. The van der Waals surface area contributed by atoms with Crippen LogP contribution in [0, 0.1) is 6.92 Å². The molecule has 1 aliphatic heterocycles. The van der Waals surface area contributed by atoms with Crippen LogP contribution in [-0.2, 0) is 13.0 Å². The highest BCUT2D eigenvalue weighted by Gasteiger charge is 2.24. The summed E-state index contributed by atoms with van der Waals surface area (Å²) in [5.41, 5.74) is 1.91. The summed E-state index contributed by atoms with van der Waals surface area (Å²) in [4.78, 5) is 25.6. The van der Waals surface area contributed by atoms with Crippen molar-refractivity contribution < 1.29 is 9.21 Å². The van der Waals surface area contributed by atoms with E-state index in [1.807, 2.05) is 18.2 Å². The van der Waals surface area contributed by atoms with Crippen molar-refractivity contribution in [3.05, 3.63) is 68.2 Å². The normalized spacial score (nSPS) is 13.9. The molecule has 0 atom stereocenters. The van der Waals surface area contributed by atoms with Crippen molar-refractivity contribution in [2.75, 3.05) is 6.54 Å². The first kappa shape index (κ1) is 13.9. The van der Waals surface area contributed by atoms with Crippen LogP contribution in [0.25, 0.3) is 0 Å². The molecule has 0 radical (unpaired) electrons. The Morgan fingerprint density at radius 1 is 1.33 bits per heavy atom. The molecule has 0 unspecified atom stereocenters. The highest BCUT2D eigenvalue weighted by molar-refractivity contribution is 6.31. The fourth-order valence-corrected chi connectivity index (χ4v) is 2.89. The molecule has 108 valence electrons. The number of aryl methyl sites for hydroxylation is 1. The largest absolute Gasteiger partial charge is 0.456 e. The summed E-state index contributed by atoms with van der Waals surface area (Å²) in [6.45, 7) is 2.70. The lowest BCUT2D eigenvalue weighted by atomic mass is 9.99. The Kier molecular flexibility index (Phi) is 3.55. The lowest BCUT2D eigenvalue weighted by Crippen LogP contribution is -2.36. The first-order chi connectivity index (χ1) is 10.0. The van der Waals surface area contributed by atoms with E-state index in [1.54, 1.807) is 11.8 Å². The number of fused-ring (bicyclic) bond motifs is 1. The molecule has 1 aromatic heterocycles. The van der Waals surface area contributed by atoms with Crippen LogP contribution in [0.3, 0.4) is 0 Å². The third-order valence-electron chi connectivity index (χ3n) is 3.60. The van der Waals surface area contributed by atoms with Crippen molar-refractivity contribution >= 4 is 17.5 Å². The van der Waals surface area contributed by atoms with Gasteiger partial charge < -0.3 is 9.32 Å². The molecule has 1 aromatic carbocycles. The van der Waals surface area contributed by atoms with Crippen LogP contribution in [-0.4, -0.2) is 17.4 Å². The molecule has 0 aliphatic carbocycles. The van der Waals surface area contributed by atoms with Gasteiger partial charge in [-0.2, -0.15) is 0 Å². The predicted molar refractivity (Wildman–Crippen MR) is 79.6 cm³/mol. The van der Waals surface area contributed by atoms with Crippen molar-refractivity contribution in [2.45, 2.75) is 19.9 Å². The second-order valence-electron chi connectivity index (χ2n) is 5.12. The zero-order chi connectivity index (χ0) is 15.0. The van der Waals surface area contributed by atoms with Gasteiger partial charge in [0.25, 0.3) is 5.91 Å². The summed E-state index contributed by atoms with van der Waals surface area (Å²) < 4.78 is 5.37. The molecule has 0 N–H and O–H groups in total. The summed E-state index contributed by atoms with van der Waals surface area (Å²) >= 11 is 6.16. The fourth-order valence-electron chi connectivity index (χ4n) is 2.60. The minimum Gasteiger partial charge on any atom is -0.456 e. The van der Waals surface area contributed by atoms with E-state index in [1.165, 1.54) is 12.1 Å². The summed E-state index contributed by atoms with van der Waals surface area (Å²) in [5, 5.41) is 0.738. The smallest absolute Gasteiger partial charge is 0.290 e. The van der Waals surface area contributed by atoms with Gasteiger partial charge in [-0.05, 0) is 30.5 Å². The summed E-state index contributed by atoms with van der Waals surface area (Å²) in [6, 6.07) is 8.30. The number of rotatable bonds is 1. The number of amides is 1. The van der Waals surface area contributed by atoms with E-state index in [-0.39, 0.29) is 17.1 Å². The van der Waals surface area contributed by atoms with E-state index in [9.17, 15) is 9.59 Å². The van der Waals surface area contributed by atoms with Gasteiger partial charge in [0.15, 0.2) is 11.2 Å². The monoisotopic (exact) mass is 303 g/mol. The Morgan fingerprint density at radius 3 is 2.90 bits per heavy atom. The topological polar surface area (TPSA) is 50.5 Å². The van der Waals surface area contributed by atoms with E-state index in [0.717, 1.165) is 16.1 Å². The Labute approximate surface area is 126 Å². The van der Waals surface area contributed by atoms with Crippen molar-refractivity contribution in [1.82, 2.24) is 4.90 Å². The molecule has 0 saturated heterocycles. The maximum absolute atomic E-state index is 12.5. The van der Waals surface area contributed by atoms with E-state index < -0.39 is 0 Å².